The molecule has 4 aliphatic carbocycles. The molecule has 1 heterocycles. The van der Waals surface area contributed by atoms with Gasteiger partial charge in [0.25, 0.3) is 5.78 Å². The minimum atomic E-state index is -1.44. The second-order valence-electron chi connectivity index (χ2n) is 11.6. The van der Waals surface area contributed by atoms with E-state index in [0.29, 0.717) is 38.5 Å². The van der Waals surface area contributed by atoms with E-state index in [-0.39, 0.29) is 30.6 Å². The first-order chi connectivity index (χ1) is 16.0. The van der Waals surface area contributed by atoms with Gasteiger partial charge in [-0.2, -0.15) is 0 Å². The van der Waals surface area contributed by atoms with Crippen LogP contribution in [-0.2, 0) is 28.6 Å². The molecule has 2 bridgehead atoms. The van der Waals surface area contributed by atoms with Crippen LogP contribution in [0.2, 0.25) is 0 Å². The maximum atomic E-state index is 16.3. The van der Waals surface area contributed by atoms with Gasteiger partial charge in [-0.15, -0.1) is 0 Å². The number of Topliss-reactive ketones (excluding diaryl/α,β-unsaturated/α-hetero) is 1. The Balaban J connectivity index is 1.55. The number of esters is 1. The Morgan fingerprint density at radius 1 is 1.18 bits per heavy atom. The highest BCUT2D eigenvalue weighted by Crippen LogP contribution is 2.73. The zero-order chi connectivity index (χ0) is 24.5. The van der Waals surface area contributed by atoms with Crippen LogP contribution in [0.25, 0.3) is 0 Å². The van der Waals surface area contributed by atoms with E-state index in [1.54, 1.807) is 13.0 Å². The molecule has 8 atom stereocenters. The minimum absolute atomic E-state index is 0.0890. The van der Waals surface area contributed by atoms with Gasteiger partial charge in [0, 0.05) is 17.8 Å². The van der Waals surface area contributed by atoms with Crippen molar-refractivity contribution in [1.29, 1.82) is 0 Å². The third-order valence-corrected chi connectivity index (χ3v) is 10.1. The average molecular weight is 477 g/mol. The number of halogens is 1. The van der Waals surface area contributed by atoms with Crippen LogP contribution in [0.1, 0.15) is 85.5 Å². The molecule has 1 aliphatic heterocycles. The molecule has 5 aliphatic rings. The number of ketones is 2. The average Bonchev–Trinajstić information content (AvgIpc) is 2.91. The van der Waals surface area contributed by atoms with E-state index in [1.165, 1.54) is 0 Å². The number of hydrogen-bond donors (Lipinski definition) is 0. The van der Waals surface area contributed by atoms with Crippen LogP contribution in [0.3, 0.4) is 0 Å². The van der Waals surface area contributed by atoms with Crippen molar-refractivity contribution in [2.75, 3.05) is 6.61 Å². The van der Waals surface area contributed by atoms with E-state index >= 15 is 4.39 Å². The highest BCUT2D eigenvalue weighted by Gasteiger charge is 2.80. The minimum Gasteiger partial charge on any atom is -0.460 e. The molecule has 0 amide bonds. The Morgan fingerprint density at radius 3 is 2.68 bits per heavy atom. The van der Waals surface area contributed by atoms with Gasteiger partial charge in [0.1, 0.15) is 11.8 Å². The molecule has 4 fully saturated rings. The number of allylic oxidation sites excluding steroid dienone is 1. The number of ether oxygens (including phenoxy) is 3. The van der Waals surface area contributed by atoms with Crippen LogP contribution >= 0.6 is 0 Å². The first kappa shape index (κ1) is 24.1. The molecular weight excluding hydrogens is 439 g/mol. The lowest BCUT2D eigenvalue weighted by molar-refractivity contribution is -0.369. The maximum absolute atomic E-state index is 16.3. The van der Waals surface area contributed by atoms with Crippen LogP contribution in [0.4, 0.5) is 4.39 Å². The highest BCUT2D eigenvalue weighted by atomic mass is 19.1. The van der Waals surface area contributed by atoms with E-state index in [2.05, 4.69) is 6.92 Å². The molecular formula is C27H37FO6. The Kier molecular flexibility index (Phi) is 5.64. The Labute approximate surface area is 200 Å². The van der Waals surface area contributed by atoms with Gasteiger partial charge in [-0.05, 0) is 69.3 Å². The first-order valence-corrected chi connectivity index (χ1v) is 13.0. The Bertz CT molecular complexity index is 945. The lowest BCUT2D eigenvalue weighted by atomic mass is 9.43. The number of unbranched alkanes of at least 4 members (excludes halogenated alkanes) is 1. The third-order valence-electron chi connectivity index (χ3n) is 10.1. The van der Waals surface area contributed by atoms with Gasteiger partial charge in [-0.1, -0.05) is 32.8 Å². The number of rotatable bonds is 5. The summed E-state index contributed by atoms with van der Waals surface area (Å²) < 4.78 is 34.4. The molecule has 5 rings (SSSR count). The van der Waals surface area contributed by atoms with Crippen molar-refractivity contribution >= 4 is 17.5 Å². The zero-order valence-corrected chi connectivity index (χ0v) is 20.8. The normalized spacial score (nSPS) is 47.2. The summed E-state index contributed by atoms with van der Waals surface area (Å²) in [4.78, 5) is 38.6. The lowest BCUT2D eigenvalue weighted by Crippen LogP contribution is -2.74. The van der Waals surface area contributed by atoms with Crippen LogP contribution in [0.15, 0.2) is 11.6 Å². The molecule has 0 aromatic rings. The molecule has 0 aromatic heterocycles. The fraction of sp³-hybridized carbons (Fsp3) is 0.815. The number of carbonyl (C=O) groups excluding carboxylic acids is 3. The molecule has 188 valence electrons. The van der Waals surface area contributed by atoms with Gasteiger partial charge >= 0.3 is 5.97 Å². The fourth-order valence-corrected chi connectivity index (χ4v) is 8.55. The number of fused-ring (bicyclic) bond motifs is 3. The molecule has 7 heteroatoms. The van der Waals surface area contributed by atoms with Gasteiger partial charge in [-0.25, -0.2) is 9.18 Å². The summed E-state index contributed by atoms with van der Waals surface area (Å²) in [5.74, 6) is -1.86. The van der Waals surface area contributed by atoms with Gasteiger partial charge in [0.05, 0.1) is 12.2 Å². The van der Waals surface area contributed by atoms with Crippen molar-refractivity contribution in [1.82, 2.24) is 0 Å². The monoisotopic (exact) mass is 476 g/mol. The largest absolute Gasteiger partial charge is 0.460 e. The second-order valence-corrected chi connectivity index (χ2v) is 11.6. The van der Waals surface area contributed by atoms with E-state index in [0.717, 1.165) is 18.4 Å². The Hall–Kier alpha value is -1.60. The third kappa shape index (κ3) is 2.95. The molecule has 3 saturated carbocycles. The summed E-state index contributed by atoms with van der Waals surface area (Å²) in [6.45, 7) is 7.94. The summed E-state index contributed by atoms with van der Waals surface area (Å²) in [6, 6.07) is 0. The van der Waals surface area contributed by atoms with Crippen molar-refractivity contribution in [3.05, 3.63) is 11.6 Å². The van der Waals surface area contributed by atoms with Gasteiger partial charge in [0.2, 0.25) is 0 Å². The summed E-state index contributed by atoms with van der Waals surface area (Å²) in [5, 5.41) is 0. The summed E-state index contributed by atoms with van der Waals surface area (Å²) >= 11 is 0. The number of alkyl halides is 1. The van der Waals surface area contributed by atoms with E-state index in [4.69, 9.17) is 14.2 Å². The predicted octanol–water partition coefficient (Wildman–Crippen LogP) is 4.63. The zero-order valence-electron chi connectivity index (χ0n) is 20.8. The molecule has 1 saturated heterocycles. The van der Waals surface area contributed by atoms with Crippen molar-refractivity contribution < 1.29 is 33.0 Å². The summed E-state index contributed by atoms with van der Waals surface area (Å²) in [6.07, 6.45) is 4.88. The standard InChI is InChI=1S/C27H37FO6/c1-5-6-13-32-23(31)22(30)27-12-11-26(33-16(2)34-27)19-8-7-17-14-18(29)9-10-24(17,3)21(19)20(28)15-25(26,27)4/h14,16,19-21H,5-13,15H2,1-4H3/t16?,19-,20+,21-,24+,25+,26-,27-/m1/s1. The number of hydrogen-bond acceptors (Lipinski definition) is 6. The molecule has 6 nitrogen and oxygen atoms in total. The van der Waals surface area contributed by atoms with E-state index < -0.39 is 46.2 Å². The van der Waals surface area contributed by atoms with E-state index in [1.807, 2.05) is 13.8 Å². The van der Waals surface area contributed by atoms with E-state index in [9.17, 15) is 14.4 Å². The summed E-state index contributed by atoms with van der Waals surface area (Å²) in [7, 11) is 0. The summed E-state index contributed by atoms with van der Waals surface area (Å²) in [5.41, 5.74) is -2.51. The van der Waals surface area contributed by atoms with Gasteiger partial charge < -0.3 is 14.2 Å². The SMILES string of the molecule is CCCCOC(=O)C(=O)[C@@]12CC[C@@]3(OC(C)O1)[C@@H]1CCC4=CC(=O)CC[C@]4(C)[C@H]1[C@@H](F)C[C@]23C. The predicted molar refractivity (Wildman–Crippen MR) is 121 cm³/mol. The van der Waals surface area contributed by atoms with Crippen molar-refractivity contribution in [2.24, 2.45) is 22.7 Å². The topological polar surface area (TPSA) is 78.9 Å². The van der Waals surface area contributed by atoms with Crippen LogP contribution in [0, 0.1) is 22.7 Å². The highest BCUT2D eigenvalue weighted by molar-refractivity contribution is 6.37. The van der Waals surface area contributed by atoms with Crippen molar-refractivity contribution in [3.63, 3.8) is 0 Å². The first-order valence-electron chi connectivity index (χ1n) is 13.0. The van der Waals surface area contributed by atoms with Crippen molar-refractivity contribution in [3.8, 4) is 0 Å². The lowest BCUT2D eigenvalue weighted by Gasteiger charge is -2.67. The molecule has 1 unspecified atom stereocenters. The molecule has 34 heavy (non-hydrogen) atoms. The Morgan fingerprint density at radius 2 is 1.94 bits per heavy atom. The molecule has 0 aromatic carbocycles. The van der Waals surface area contributed by atoms with Crippen LogP contribution < -0.4 is 0 Å². The molecule has 0 radical (unpaired) electrons. The molecule has 0 spiro atoms. The molecule has 0 N–H and O–H groups in total. The number of carbonyl (C=O) groups is 3. The van der Waals surface area contributed by atoms with Gasteiger partial charge in [-0.3, -0.25) is 9.59 Å². The quantitative estimate of drug-likeness (QED) is 0.327. The maximum Gasteiger partial charge on any atom is 0.377 e. The van der Waals surface area contributed by atoms with Gasteiger partial charge in [0.15, 0.2) is 12.1 Å². The smallest absolute Gasteiger partial charge is 0.377 e. The van der Waals surface area contributed by atoms with Crippen LogP contribution in [-0.4, -0.2) is 47.8 Å². The fourth-order valence-electron chi connectivity index (χ4n) is 8.55. The second kappa shape index (κ2) is 7.95. The van der Waals surface area contributed by atoms with Crippen molar-refractivity contribution in [2.45, 2.75) is 109 Å². The van der Waals surface area contributed by atoms with Crippen LogP contribution in [0.5, 0.6) is 0 Å².